The molecule has 0 saturated heterocycles. The minimum atomic E-state index is -1.32. The molecule has 0 aliphatic carbocycles. The van der Waals surface area contributed by atoms with E-state index in [2.05, 4.69) is 0 Å². The summed E-state index contributed by atoms with van der Waals surface area (Å²) in [5.74, 6) is 0. The largest absolute Gasteiger partial charge is 0.391 e. The van der Waals surface area contributed by atoms with Gasteiger partial charge in [0.05, 0.1) is 12.2 Å². The van der Waals surface area contributed by atoms with E-state index in [1.165, 1.54) is 6.92 Å². The number of aliphatic hydroxyl groups is 4. The quantitative estimate of drug-likeness (QED) is 0.422. The van der Waals surface area contributed by atoms with Gasteiger partial charge in [-0.15, -0.1) is 0 Å². The molecule has 5 nitrogen and oxygen atoms in total. The van der Waals surface area contributed by atoms with Gasteiger partial charge in [0.2, 0.25) is 0 Å². The third-order valence-corrected chi connectivity index (χ3v) is 2.28. The number of aliphatic hydroxyl groups excluding tert-OH is 4. The van der Waals surface area contributed by atoms with Crippen LogP contribution in [-0.4, -0.2) is 69.9 Å². The maximum absolute atomic E-state index is 9.48. The van der Waals surface area contributed by atoms with Crippen LogP contribution in [0, 0.1) is 0 Å². The van der Waals surface area contributed by atoms with Crippen molar-refractivity contribution in [1.82, 2.24) is 4.90 Å². The predicted octanol–water partition coefficient (Wildman–Crippen LogP) is -1.60. The molecule has 0 bridgehead atoms. The molecule has 0 saturated carbocycles. The van der Waals surface area contributed by atoms with Crippen molar-refractivity contribution in [2.75, 3.05) is 20.1 Å². The molecule has 0 aromatic rings. The van der Waals surface area contributed by atoms with Gasteiger partial charge in [0, 0.05) is 6.54 Å². The molecule has 5 heteroatoms. The van der Waals surface area contributed by atoms with Gasteiger partial charge >= 0.3 is 0 Å². The Kier molecular flexibility index (Phi) is 6.22. The number of rotatable bonds is 6. The normalized spacial score (nSPS) is 20.6. The molecule has 0 rings (SSSR count). The van der Waals surface area contributed by atoms with Gasteiger partial charge < -0.3 is 25.3 Å². The van der Waals surface area contributed by atoms with Crippen LogP contribution >= 0.6 is 0 Å². The number of hydrogen-bond donors (Lipinski definition) is 4. The Balaban J connectivity index is 4.04. The van der Waals surface area contributed by atoms with Gasteiger partial charge in [0.15, 0.2) is 0 Å². The average molecular weight is 207 g/mol. The SMILES string of the molecule is CCN(C)CC(O)C(O)C(O)C(C)O. The Bertz CT molecular complexity index is 154. The zero-order chi connectivity index (χ0) is 11.3. The summed E-state index contributed by atoms with van der Waals surface area (Å²) >= 11 is 0. The summed E-state index contributed by atoms with van der Waals surface area (Å²) in [4.78, 5) is 1.81. The van der Waals surface area contributed by atoms with Crippen LogP contribution in [0.25, 0.3) is 0 Å². The van der Waals surface area contributed by atoms with Gasteiger partial charge in [-0.2, -0.15) is 0 Å². The van der Waals surface area contributed by atoms with Gasteiger partial charge in [-0.25, -0.2) is 0 Å². The topological polar surface area (TPSA) is 84.2 Å². The highest BCUT2D eigenvalue weighted by molar-refractivity contribution is 4.80. The molecular formula is C9H21NO4. The third-order valence-electron chi connectivity index (χ3n) is 2.28. The minimum Gasteiger partial charge on any atom is -0.391 e. The molecule has 0 aliphatic rings. The number of nitrogens with zero attached hydrogens (tertiary/aromatic N) is 1. The van der Waals surface area contributed by atoms with E-state index in [-0.39, 0.29) is 6.54 Å². The van der Waals surface area contributed by atoms with Crippen LogP contribution in [0.3, 0.4) is 0 Å². The van der Waals surface area contributed by atoms with Crippen molar-refractivity contribution >= 4 is 0 Å². The first-order valence-electron chi connectivity index (χ1n) is 4.81. The fraction of sp³-hybridized carbons (Fsp3) is 1.00. The second-order valence-corrected chi connectivity index (χ2v) is 3.64. The first kappa shape index (κ1) is 13.8. The second kappa shape index (κ2) is 6.31. The summed E-state index contributed by atoms with van der Waals surface area (Å²) in [5.41, 5.74) is 0. The summed E-state index contributed by atoms with van der Waals surface area (Å²) in [6.07, 6.45) is -4.73. The fourth-order valence-electron chi connectivity index (χ4n) is 1.07. The van der Waals surface area contributed by atoms with E-state index in [1.54, 1.807) is 7.05 Å². The van der Waals surface area contributed by atoms with Crippen molar-refractivity contribution in [3.05, 3.63) is 0 Å². The van der Waals surface area contributed by atoms with Crippen molar-refractivity contribution < 1.29 is 20.4 Å². The minimum absolute atomic E-state index is 0.265. The first-order valence-corrected chi connectivity index (χ1v) is 4.81. The van der Waals surface area contributed by atoms with Crippen molar-refractivity contribution in [1.29, 1.82) is 0 Å². The van der Waals surface area contributed by atoms with E-state index in [0.717, 1.165) is 6.54 Å². The van der Waals surface area contributed by atoms with Crippen molar-refractivity contribution in [2.45, 2.75) is 38.3 Å². The monoisotopic (exact) mass is 207 g/mol. The molecule has 0 heterocycles. The zero-order valence-corrected chi connectivity index (χ0v) is 8.96. The van der Waals surface area contributed by atoms with Crippen LogP contribution in [0.15, 0.2) is 0 Å². The van der Waals surface area contributed by atoms with Gasteiger partial charge in [0.1, 0.15) is 12.2 Å². The summed E-state index contributed by atoms with van der Waals surface area (Å²) in [7, 11) is 1.80. The summed E-state index contributed by atoms with van der Waals surface area (Å²) in [6.45, 7) is 4.30. The van der Waals surface area contributed by atoms with Crippen LogP contribution in [0.4, 0.5) is 0 Å². The Morgan fingerprint density at radius 3 is 1.93 bits per heavy atom. The van der Waals surface area contributed by atoms with E-state index >= 15 is 0 Å². The third kappa shape index (κ3) is 4.34. The zero-order valence-electron chi connectivity index (χ0n) is 8.96. The van der Waals surface area contributed by atoms with Crippen molar-refractivity contribution in [3.63, 3.8) is 0 Å². The molecule has 4 unspecified atom stereocenters. The lowest BCUT2D eigenvalue weighted by Gasteiger charge is -2.27. The first-order chi connectivity index (χ1) is 6.40. The van der Waals surface area contributed by atoms with Crippen LogP contribution in [0.5, 0.6) is 0 Å². The van der Waals surface area contributed by atoms with Gasteiger partial charge in [-0.1, -0.05) is 6.92 Å². The van der Waals surface area contributed by atoms with Gasteiger partial charge in [-0.05, 0) is 20.5 Å². The highest BCUT2D eigenvalue weighted by atomic mass is 16.4. The van der Waals surface area contributed by atoms with E-state index < -0.39 is 24.4 Å². The Morgan fingerprint density at radius 2 is 1.57 bits per heavy atom. The molecule has 0 radical (unpaired) electrons. The van der Waals surface area contributed by atoms with Crippen LogP contribution in [0.2, 0.25) is 0 Å². The molecule has 14 heavy (non-hydrogen) atoms. The van der Waals surface area contributed by atoms with E-state index in [1.807, 2.05) is 11.8 Å². The van der Waals surface area contributed by atoms with Crippen molar-refractivity contribution in [3.8, 4) is 0 Å². The summed E-state index contributed by atoms with van der Waals surface area (Å²) in [5, 5.41) is 37.2. The van der Waals surface area contributed by atoms with E-state index in [0.29, 0.717) is 0 Å². The Hall–Kier alpha value is -0.200. The lowest BCUT2D eigenvalue weighted by atomic mass is 10.0. The average Bonchev–Trinajstić information content (AvgIpc) is 2.14. The highest BCUT2D eigenvalue weighted by Gasteiger charge is 2.28. The molecular weight excluding hydrogens is 186 g/mol. The molecule has 86 valence electrons. The maximum Gasteiger partial charge on any atom is 0.109 e. The molecule has 4 N–H and O–H groups in total. The van der Waals surface area contributed by atoms with Gasteiger partial charge in [0.25, 0.3) is 0 Å². The number of hydrogen-bond acceptors (Lipinski definition) is 5. The second-order valence-electron chi connectivity index (χ2n) is 3.64. The molecule has 0 aliphatic heterocycles. The maximum atomic E-state index is 9.48. The Morgan fingerprint density at radius 1 is 1.07 bits per heavy atom. The van der Waals surface area contributed by atoms with Crippen LogP contribution in [-0.2, 0) is 0 Å². The lowest BCUT2D eigenvalue weighted by Crippen LogP contribution is -2.47. The lowest BCUT2D eigenvalue weighted by molar-refractivity contribution is -0.104. The fourth-order valence-corrected chi connectivity index (χ4v) is 1.07. The highest BCUT2D eigenvalue weighted by Crippen LogP contribution is 2.05. The Labute approximate surface area is 84.6 Å². The smallest absolute Gasteiger partial charge is 0.109 e. The standard InChI is InChI=1S/C9H21NO4/c1-4-10(3)5-7(12)9(14)8(13)6(2)11/h6-9,11-14H,4-5H2,1-3H3. The molecule has 0 aromatic heterocycles. The van der Waals surface area contributed by atoms with Crippen LogP contribution in [0.1, 0.15) is 13.8 Å². The summed E-state index contributed by atoms with van der Waals surface area (Å²) in [6, 6.07) is 0. The van der Waals surface area contributed by atoms with E-state index in [4.69, 9.17) is 5.11 Å². The summed E-state index contributed by atoms with van der Waals surface area (Å²) < 4.78 is 0. The predicted molar refractivity (Wildman–Crippen MR) is 52.9 cm³/mol. The van der Waals surface area contributed by atoms with E-state index in [9.17, 15) is 15.3 Å². The molecule has 0 amide bonds. The molecule has 0 aromatic carbocycles. The van der Waals surface area contributed by atoms with Gasteiger partial charge in [-0.3, -0.25) is 0 Å². The van der Waals surface area contributed by atoms with Crippen LogP contribution < -0.4 is 0 Å². The molecule has 4 atom stereocenters. The molecule has 0 spiro atoms. The molecule has 0 fully saturated rings. The number of likely N-dealkylation sites (N-methyl/N-ethyl adjacent to an activating group) is 1. The van der Waals surface area contributed by atoms with Crippen molar-refractivity contribution in [2.24, 2.45) is 0 Å².